The third kappa shape index (κ3) is 2.46. The molecule has 0 amide bonds. The number of fused-ring (bicyclic) bond motifs is 1. The lowest BCUT2D eigenvalue weighted by Gasteiger charge is -2.30. The highest BCUT2D eigenvalue weighted by atomic mass is 16.5. The standard InChI is InChI=1S/C15H22N2O/c1-2-12-7-8-17(10-12)11-13-9-16-14-5-3-4-6-15(14)18-13/h3-6,12-13,16H,2,7-11H2,1H3. The molecule has 1 aromatic carbocycles. The van der Waals surface area contributed by atoms with Gasteiger partial charge in [0.05, 0.1) is 12.2 Å². The van der Waals surface area contributed by atoms with E-state index in [4.69, 9.17) is 4.74 Å². The molecule has 3 heteroatoms. The second-order valence-corrected chi connectivity index (χ2v) is 5.44. The van der Waals surface area contributed by atoms with Crippen LogP contribution in [0.15, 0.2) is 24.3 Å². The first-order valence-corrected chi connectivity index (χ1v) is 7.07. The summed E-state index contributed by atoms with van der Waals surface area (Å²) in [5.41, 5.74) is 1.13. The molecule has 98 valence electrons. The van der Waals surface area contributed by atoms with Crippen LogP contribution in [0, 0.1) is 5.92 Å². The Hall–Kier alpha value is -1.22. The quantitative estimate of drug-likeness (QED) is 0.887. The third-order valence-electron chi connectivity index (χ3n) is 4.11. The molecule has 0 aliphatic carbocycles. The maximum absolute atomic E-state index is 6.06. The van der Waals surface area contributed by atoms with Gasteiger partial charge in [0.15, 0.2) is 0 Å². The molecule has 1 saturated heterocycles. The minimum absolute atomic E-state index is 0.288. The summed E-state index contributed by atoms with van der Waals surface area (Å²) < 4.78 is 6.06. The lowest BCUT2D eigenvalue weighted by atomic mass is 10.1. The fraction of sp³-hybridized carbons (Fsp3) is 0.600. The van der Waals surface area contributed by atoms with E-state index in [1.807, 2.05) is 18.2 Å². The smallest absolute Gasteiger partial charge is 0.142 e. The van der Waals surface area contributed by atoms with E-state index in [1.54, 1.807) is 0 Å². The van der Waals surface area contributed by atoms with Crippen molar-refractivity contribution in [2.24, 2.45) is 5.92 Å². The van der Waals surface area contributed by atoms with Crippen LogP contribution in [-0.4, -0.2) is 37.2 Å². The Bertz CT molecular complexity index is 407. The van der Waals surface area contributed by atoms with Gasteiger partial charge in [0.25, 0.3) is 0 Å². The Morgan fingerprint density at radius 2 is 2.28 bits per heavy atom. The lowest BCUT2D eigenvalue weighted by Crippen LogP contribution is -2.40. The molecule has 1 N–H and O–H groups in total. The van der Waals surface area contributed by atoms with Crippen LogP contribution in [0.3, 0.4) is 0 Å². The molecular formula is C15H22N2O. The summed E-state index contributed by atoms with van der Waals surface area (Å²) in [4.78, 5) is 2.55. The normalized spacial score (nSPS) is 27.4. The van der Waals surface area contributed by atoms with Crippen molar-refractivity contribution >= 4 is 5.69 Å². The first-order chi connectivity index (χ1) is 8.85. The van der Waals surface area contributed by atoms with Crippen molar-refractivity contribution in [3.63, 3.8) is 0 Å². The third-order valence-corrected chi connectivity index (χ3v) is 4.11. The summed E-state index contributed by atoms with van der Waals surface area (Å²) >= 11 is 0. The van der Waals surface area contributed by atoms with Crippen molar-refractivity contribution in [1.29, 1.82) is 0 Å². The number of para-hydroxylation sites is 2. The fourth-order valence-corrected chi connectivity index (χ4v) is 2.96. The minimum atomic E-state index is 0.288. The summed E-state index contributed by atoms with van der Waals surface area (Å²) in [5.74, 6) is 1.90. The van der Waals surface area contributed by atoms with Crippen molar-refractivity contribution in [2.75, 3.05) is 31.5 Å². The molecule has 2 heterocycles. The number of likely N-dealkylation sites (tertiary alicyclic amines) is 1. The molecule has 1 aromatic rings. The van der Waals surface area contributed by atoms with Gasteiger partial charge in [0.1, 0.15) is 11.9 Å². The summed E-state index contributed by atoms with van der Waals surface area (Å²) in [6.07, 6.45) is 2.95. The molecule has 2 unspecified atom stereocenters. The highest BCUT2D eigenvalue weighted by molar-refractivity contribution is 5.57. The second-order valence-electron chi connectivity index (χ2n) is 5.44. The molecule has 1 fully saturated rings. The molecule has 3 nitrogen and oxygen atoms in total. The highest BCUT2D eigenvalue weighted by Crippen LogP contribution is 2.29. The number of benzene rings is 1. The van der Waals surface area contributed by atoms with Crippen LogP contribution in [0.5, 0.6) is 5.75 Å². The molecule has 18 heavy (non-hydrogen) atoms. The zero-order chi connectivity index (χ0) is 12.4. The minimum Gasteiger partial charge on any atom is -0.485 e. The Morgan fingerprint density at radius 3 is 3.11 bits per heavy atom. The molecule has 3 rings (SSSR count). The highest BCUT2D eigenvalue weighted by Gasteiger charge is 2.26. The number of rotatable bonds is 3. The van der Waals surface area contributed by atoms with E-state index in [-0.39, 0.29) is 6.10 Å². The van der Waals surface area contributed by atoms with Gasteiger partial charge in [-0.25, -0.2) is 0 Å². The average molecular weight is 246 g/mol. The van der Waals surface area contributed by atoms with E-state index in [9.17, 15) is 0 Å². The van der Waals surface area contributed by atoms with Crippen molar-refractivity contribution in [2.45, 2.75) is 25.9 Å². The van der Waals surface area contributed by atoms with Gasteiger partial charge in [-0.1, -0.05) is 25.5 Å². The van der Waals surface area contributed by atoms with Gasteiger partial charge in [-0.2, -0.15) is 0 Å². The largest absolute Gasteiger partial charge is 0.485 e. The monoisotopic (exact) mass is 246 g/mol. The molecule has 0 aromatic heterocycles. The van der Waals surface area contributed by atoms with Crippen molar-refractivity contribution in [1.82, 2.24) is 4.90 Å². The number of hydrogen-bond acceptors (Lipinski definition) is 3. The van der Waals surface area contributed by atoms with Gasteiger partial charge in [-0.05, 0) is 31.0 Å². The number of nitrogens with zero attached hydrogens (tertiary/aromatic N) is 1. The van der Waals surface area contributed by atoms with Gasteiger partial charge < -0.3 is 10.1 Å². The van der Waals surface area contributed by atoms with Crippen LogP contribution in [0.4, 0.5) is 5.69 Å². The van der Waals surface area contributed by atoms with Crippen LogP contribution in [0.25, 0.3) is 0 Å². The fourth-order valence-electron chi connectivity index (χ4n) is 2.96. The van der Waals surface area contributed by atoms with Crippen molar-refractivity contribution in [3.8, 4) is 5.75 Å². The predicted octanol–water partition coefficient (Wildman–Crippen LogP) is 2.59. The summed E-state index contributed by atoms with van der Waals surface area (Å²) in [5, 5.41) is 3.46. The van der Waals surface area contributed by atoms with Crippen LogP contribution in [0.1, 0.15) is 19.8 Å². The van der Waals surface area contributed by atoms with E-state index >= 15 is 0 Å². The molecule has 2 atom stereocenters. The maximum Gasteiger partial charge on any atom is 0.142 e. The van der Waals surface area contributed by atoms with Gasteiger partial charge in [0, 0.05) is 13.1 Å². The molecule has 0 bridgehead atoms. The number of nitrogens with one attached hydrogen (secondary N) is 1. The SMILES string of the molecule is CCC1CCN(CC2CNc3ccccc3O2)C1. The summed E-state index contributed by atoms with van der Waals surface area (Å²) in [7, 11) is 0. The molecule has 0 spiro atoms. The average Bonchev–Trinajstić information content (AvgIpc) is 2.86. The molecule has 0 radical (unpaired) electrons. The van der Waals surface area contributed by atoms with E-state index in [0.29, 0.717) is 0 Å². The van der Waals surface area contributed by atoms with Crippen LogP contribution in [-0.2, 0) is 0 Å². The van der Waals surface area contributed by atoms with Crippen LogP contribution < -0.4 is 10.1 Å². The molecule has 2 aliphatic rings. The lowest BCUT2D eigenvalue weighted by molar-refractivity contribution is 0.148. The molecular weight excluding hydrogens is 224 g/mol. The van der Waals surface area contributed by atoms with E-state index in [0.717, 1.165) is 30.4 Å². The van der Waals surface area contributed by atoms with E-state index in [2.05, 4.69) is 23.2 Å². The van der Waals surface area contributed by atoms with Crippen LogP contribution >= 0.6 is 0 Å². The second kappa shape index (κ2) is 5.19. The summed E-state index contributed by atoms with van der Waals surface area (Å²) in [6, 6.07) is 8.20. The van der Waals surface area contributed by atoms with Gasteiger partial charge in [-0.3, -0.25) is 4.90 Å². The van der Waals surface area contributed by atoms with Crippen LogP contribution in [0.2, 0.25) is 0 Å². The summed E-state index contributed by atoms with van der Waals surface area (Å²) in [6.45, 7) is 6.75. The molecule has 2 aliphatic heterocycles. The first kappa shape index (κ1) is 11.8. The van der Waals surface area contributed by atoms with E-state index in [1.165, 1.54) is 25.9 Å². The Kier molecular flexibility index (Phi) is 3.41. The number of anilines is 1. The van der Waals surface area contributed by atoms with E-state index < -0.39 is 0 Å². The first-order valence-electron chi connectivity index (χ1n) is 7.07. The predicted molar refractivity (Wildman–Crippen MR) is 74.2 cm³/mol. The zero-order valence-corrected chi connectivity index (χ0v) is 11.1. The number of ether oxygens (including phenoxy) is 1. The zero-order valence-electron chi connectivity index (χ0n) is 11.1. The van der Waals surface area contributed by atoms with Gasteiger partial charge >= 0.3 is 0 Å². The Labute approximate surface area is 109 Å². The van der Waals surface area contributed by atoms with Gasteiger partial charge in [-0.15, -0.1) is 0 Å². The Balaban J connectivity index is 1.57. The van der Waals surface area contributed by atoms with Crippen molar-refractivity contribution < 1.29 is 4.74 Å². The molecule has 0 saturated carbocycles. The van der Waals surface area contributed by atoms with Crippen molar-refractivity contribution in [3.05, 3.63) is 24.3 Å². The maximum atomic E-state index is 6.06. The topological polar surface area (TPSA) is 24.5 Å². The number of hydrogen-bond donors (Lipinski definition) is 1. The van der Waals surface area contributed by atoms with Gasteiger partial charge in [0.2, 0.25) is 0 Å². The Morgan fingerprint density at radius 1 is 1.39 bits per heavy atom.